The van der Waals surface area contributed by atoms with E-state index in [9.17, 15) is 0 Å². The molecule has 0 aliphatic heterocycles. The molecule has 0 saturated carbocycles. The Kier molecular flexibility index (Phi) is 4.68. The third-order valence-corrected chi connectivity index (χ3v) is 3.84. The molecule has 1 aliphatic carbocycles. The molecule has 0 amide bonds. The lowest BCUT2D eigenvalue weighted by molar-refractivity contribution is 0.633. The maximum atomic E-state index is 4.70. The largest absolute Gasteiger partial charge is 0.357 e. The molecule has 2 aromatic rings. The quantitative estimate of drug-likeness (QED) is 0.518. The fourth-order valence-electron chi connectivity index (χ4n) is 2.71. The normalized spacial score (nSPS) is 15.4. The molecule has 3 rings (SSSR count). The molecule has 2 N–H and O–H groups in total. The zero-order valence-corrected chi connectivity index (χ0v) is 12.9. The summed E-state index contributed by atoms with van der Waals surface area (Å²) in [6, 6.07) is 10.8. The lowest BCUT2D eigenvalue weighted by Crippen LogP contribution is -2.42. The van der Waals surface area contributed by atoms with Crippen LogP contribution in [-0.4, -0.2) is 23.5 Å². The van der Waals surface area contributed by atoms with E-state index in [1.165, 1.54) is 10.8 Å². The molecule has 0 radical (unpaired) electrons. The Bertz CT molecular complexity index is 677. The zero-order valence-electron chi connectivity index (χ0n) is 12.9. The van der Waals surface area contributed by atoms with Crippen LogP contribution in [0.2, 0.25) is 0 Å². The molecule has 4 nitrogen and oxygen atoms in total. The fraction of sp³-hybridized carbons (Fsp3) is 0.333. The third-order valence-electron chi connectivity index (χ3n) is 3.84. The number of aliphatic imine (C=N–C) groups is 1. The molecule has 0 fully saturated rings. The highest BCUT2D eigenvalue weighted by molar-refractivity contribution is 5.85. The molecule has 0 atom stereocenters. The van der Waals surface area contributed by atoms with Gasteiger partial charge < -0.3 is 10.6 Å². The lowest BCUT2D eigenvalue weighted by Gasteiger charge is -2.16. The number of benzene rings is 1. The fourth-order valence-corrected chi connectivity index (χ4v) is 2.71. The van der Waals surface area contributed by atoms with Crippen molar-refractivity contribution in [1.82, 2.24) is 15.6 Å². The molecular formula is C18H22N4. The van der Waals surface area contributed by atoms with Crippen molar-refractivity contribution in [2.75, 3.05) is 6.54 Å². The molecule has 4 heteroatoms. The number of guanidine groups is 1. The van der Waals surface area contributed by atoms with Crippen molar-refractivity contribution in [1.29, 1.82) is 0 Å². The van der Waals surface area contributed by atoms with E-state index in [-0.39, 0.29) is 0 Å². The van der Waals surface area contributed by atoms with Gasteiger partial charge in [-0.3, -0.25) is 4.98 Å². The Morgan fingerprint density at radius 3 is 2.86 bits per heavy atom. The number of nitrogens with one attached hydrogen (secondary N) is 2. The Morgan fingerprint density at radius 2 is 2.05 bits per heavy atom. The van der Waals surface area contributed by atoms with Crippen molar-refractivity contribution < 1.29 is 0 Å². The monoisotopic (exact) mass is 294 g/mol. The molecule has 22 heavy (non-hydrogen) atoms. The summed E-state index contributed by atoms with van der Waals surface area (Å²) in [5.74, 6) is 0.867. The maximum Gasteiger partial charge on any atom is 0.191 e. The second-order valence-electron chi connectivity index (χ2n) is 5.46. The molecule has 0 saturated heterocycles. The van der Waals surface area contributed by atoms with Crippen LogP contribution in [0.4, 0.5) is 0 Å². The van der Waals surface area contributed by atoms with Gasteiger partial charge >= 0.3 is 0 Å². The molecule has 1 heterocycles. The minimum Gasteiger partial charge on any atom is -0.357 e. The number of rotatable bonds is 4. The van der Waals surface area contributed by atoms with Gasteiger partial charge in [0.05, 0.1) is 12.2 Å². The van der Waals surface area contributed by atoms with Crippen LogP contribution in [0, 0.1) is 0 Å². The van der Waals surface area contributed by atoms with Crippen molar-refractivity contribution >= 4 is 16.7 Å². The molecule has 0 unspecified atom stereocenters. The van der Waals surface area contributed by atoms with Gasteiger partial charge in [-0.15, -0.1) is 0 Å². The van der Waals surface area contributed by atoms with Gasteiger partial charge in [0.2, 0.25) is 0 Å². The number of pyridine rings is 1. The molecule has 0 bridgehead atoms. The van der Waals surface area contributed by atoms with E-state index >= 15 is 0 Å². The first-order chi connectivity index (χ1) is 10.9. The minimum absolute atomic E-state index is 0.457. The van der Waals surface area contributed by atoms with E-state index in [2.05, 4.69) is 46.8 Å². The highest BCUT2D eigenvalue weighted by Crippen LogP contribution is 2.17. The lowest BCUT2D eigenvalue weighted by atomic mass is 10.1. The van der Waals surface area contributed by atoms with Crippen molar-refractivity contribution in [2.45, 2.75) is 32.4 Å². The summed E-state index contributed by atoms with van der Waals surface area (Å²) in [6.45, 7) is 3.52. The van der Waals surface area contributed by atoms with Gasteiger partial charge in [0.25, 0.3) is 0 Å². The predicted molar refractivity (Wildman–Crippen MR) is 91.9 cm³/mol. The minimum atomic E-state index is 0.457. The van der Waals surface area contributed by atoms with E-state index in [0.29, 0.717) is 12.6 Å². The summed E-state index contributed by atoms with van der Waals surface area (Å²) >= 11 is 0. The zero-order chi connectivity index (χ0) is 15.2. The number of aromatic nitrogens is 1. The topological polar surface area (TPSA) is 49.3 Å². The third kappa shape index (κ3) is 3.45. The Balaban J connectivity index is 1.76. The number of hydrogen-bond acceptors (Lipinski definition) is 2. The first kappa shape index (κ1) is 14.6. The van der Waals surface area contributed by atoms with Gasteiger partial charge in [-0.2, -0.15) is 0 Å². The average molecular weight is 294 g/mol. The van der Waals surface area contributed by atoms with Crippen LogP contribution >= 0.6 is 0 Å². The van der Waals surface area contributed by atoms with Crippen LogP contribution in [0.15, 0.2) is 53.7 Å². The van der Waals surface area contributed by atoms with Gasteiger partial charge in [-0.05, 0) is 31.2 Å². The number of hydrogen-bond donors (Lipinski definition) is 2. The van der Waals surface area contributed by atoms with Crippen molar-refractivity contribution in [3.63, 3.8) is 0 Å². The van der Waals surface area contributed by atoms with E-state index in [4.69, 9.17) is 4.99 Å². The van der Waals surface area contributed by atoms with Crippen molar-refractivity contribution in [3.8, 4) is 0 Å². The molecule has 1 aliphatic rings. The number of fused-ring (bicyclic) bond motifs is 1. The van der Waals surface area contributed by atoms with Gasteiger partial charge in [0.1, 0.15) is 0 Å². The highest BCUT2D eigenvalue weighted by Gasteiger charge is 2.11. The first-order valence-corrected chi connectivity index (χ1v) is 7.89. The molecular weight excluding hydrogens is 272 g/mol. The Hall–Kier alpha value is -2.36. The Morgan fingerprint density at radius 1 is 1.23 bits per heavy atom. The van der Waals surface area contributed by atoms with Crippen LogP contribution in [0.1, 0.15) is 25.5 Å². The van der Waals surface area contributed by atoms with Gasteiger partial charge in [-0.25, -0.2) is 4.99 Å². The summed E-state index contributed by atoms with van der Waals surface area (Å²) in [7, 11) is 0. The van der Waals surface area contributed by atoms with Crippen molar-refractivity contribution in [3.05, 3.63) is 54.4 Å². The van der Waals surface area contributed by atoms with Crippen LogP contribution < -0.4 is 10.6 Å². The van der Waals surface area contributed by atoms with Crippen molar-refractivity contribution in [2.24, 2.45) is 4.99 Å². The highest BCUT2D eigenvalue weighted by atomic mass is 15.2. The second-order valence-corrected chi connectivity index (χ2v) is 5.46. The summed E-state index contributed by atoms with van der Waals surface area (Å²) < 4.78 is 0. The van der Waals surface area contributed by atoms with Crippen LogP contribution in [0.3, 0.4) is 0 Å². The smallest absolute Gasteiger partial charge is 0.191 e. The first-order valence-electron chi connectivity index (χ1n) is 7.89. The summed E-state index contributed by atoms with van der Waals surface area (Å²) in [6.07, 6.45) is 8.42. The molecule has 0 spiro atoms. The molecule has 114 valence electrons. The summed E-state index contributed by atoms with van der Waals surface area (Å²) in [5.41, 5.74) is 1.01. The van der Waals surface area contributed by atoms with Gasteiger partial charge in [0.15, 0.2) is 5.96 Å². The van der Waals surface area contributed by atoms with Crippen LogP contribution in [0.25, 0.3) is 10.8 Å². The average Bonchev–Trinajstić information content (AvgIpc) is 3.06. The van der Waals surface area contributed by atoms with Crippen LogP contribution in [0.5, 0.6) is 0 Å². The number of nitrogens with zero attached hydrogens (tertiary/aromatic N) is 2. The van der Waals surface area contributed by atoms with E-state index in [1.807, 2.05) is 24.4 Å². The van der Waals surface area contributed by atoms with Gasteiger partial charge in [-0.1, -0.05) is 36.4 Å². The van der Waals surface area contributed by atoms with Crippen LogP contribution in [-0.2, 0) is 6.54 Å². The van der Waals surface area contributed by atoms with Gasteiger partial charge in [0, 0.05) is 24.2 Å². The summed E-state index contributed by atoms with van der Waals surface area (Å²) in [4.78, 5) is 9.20. The predicted octanol–water partition coefficient (Wildman–Crippen LogP) is 3.01. The second kappa shape index (κ2) is 7.07. The maximum absolute atomic E-state index is 4.70. The SMILES string of the molecule is CCNC(=NCc1nccc2ccccc12)NC1CC=CC1. The molecule has 1 aromatic heterocycles. The van der Waals surface area contributed by atoms with E-state index in [1.54, 1.807) is 0 Å². The van der Waals surface area contributed by atoms with E-state index < -0.39 is 0 Å². The Labute approximate surface area is 131 Å². The summed E-state index contributed by atoms with van der Waals surface area (Å²) in [5, 5.41) is 9.18. The standard InChI is InChI=1S/C18H22N4/c1-2-19-18(22-15-8-4-5-9-15)21-13-17-16-10-6-3-7-14(16)11-12-20-17/h3-7,10-12,15H,2,8-9,13H2,1H3,(H2,19,21,22). The van der Waals surface area contributed by atoms with E-state index in [0.717, 1.165) is 31.0 Å². The molecule has 1 aromatic carbocycles.